The molecule has 0 aliphatic carbocycles. The van der Waals surface area contributed by atoms with Gasteiger partial charge in [0.15, 0.2) is 9.84 Å². The van der Waals surface area contributed by atoms with Crippen LogP contribution in [0.15, 0.2) is 48.5 Å². The molecule has 0 N–H and O–H groups in total. The lowest BCUT2D eigenvalue weighted by Crippen LogP contribution is -2.36. The summed E-state index contributed by atoms with van der Waals surface area (Å²) in [5.74, 6) is 1.53. The molecule has 0 unspecified atom stereocenters. The molecule has 2 aromatic carbocycles. The Hall–Kier alpha value is -2.34. The van der Waals surface area contributed by atoms with Gasteiger partial charge in [-0.3, -0.25) is 4.79 Å². The third kappa shape index (κ3) is 3.14. The van der Waals surface area contributed by atoms with Crippen molar-refractivity contribution in [2.75, 3.05) is 16.4 Å². The number of anilines is 1. The van der Waals surface area contributed by atoms with Gasteiger partial charge in [0, 0.05) is 18.0 Å². The summed E-state index contributed by atoms with van der Waals surface area (Å²) in [6.07, 6.45) is 0.311. The number of fused-ring (bicyclic) bond motifs is 1. The molecule has 25 heavy (non-hydrogen) atoms. The summed E-state index contributed by atoms with van der Waals surface area (Å²) in [4.78, 5) is 14.0. The van der Waals surface area contributed by atoms with Gasteiger partial charge in [-0.1, -0.05) is 12.1 Å². The molecule has 2 saturated heterocycles. The van der Waals surface area contributed by atoms with Gasteiger partial charge in [0.05, 0.1) is 17.5 Å². The number of carbonyl (C=O) groups excluding carboxylic acids is 1. The number of aryl methyl sites for hydroxylation is 1. The summed E-state index contributed by atoms with van der Waals surface area (Å²) in [6, 6.07) is 14.8. The van der Waals surface area contributed by atoms with E-state index in [1.165, 1.54) is 0 Å². The van der Waals surface area contributed by atoms with E-state index in [-0.39, 0.29) is 29.4 Å². The van der Waals surface area contributed by atoms with Crippen LogP contribution < -0.4 is 9.64 Å². The predicted octanol–water partition coefficient (Wildman–Crippen LogP) is 2.94. The second-order valence-corrected chi connectivity index (χ2v) is 8.94. The van der Waals surface area contributed by atoms with E-state index >= 15 is 0 Å². The molecule has 0 radical (unpaired) electrons. The molecule has 2 aromatic rings. The van der Waals surface area contributed by atoms with Gasteiger partial charge in [-0.25, -0.2) is 8.42 Å². The van der Waals surface area contributed by atoms with Crippen LogP contribution in [0.25, 0.3) is 0 Å². The van der Waals surface area contributed by atoms with Crippen LogP contribution in [0.1, 0.15) is 12.0 Å². The lowest BCUT2D eigenvalue weighted by molar-refractivity contribution is -0.117. The van der Waals surface area contributed by atoms with Crippen molar-refractivity contribution in [3.63, 3.8) is 0 Å². The van der Waals surface area contributed by atoms with Gasteiger partial charge in [-0.2, -0.15) is 0 Å². The average molecular weight is 357 g/mol. The molecule has 130 valence electrons. The van der Waals surface area contributed by atoms with E-state index in [9.17, 15) is 13.2 Å². The fraction of sp³-hybridized carbons (Fsp3) is 0.316. The van der Waals surface area contributed by atoms with Crippen molar-refractivity contribution < 1.29 is 17.9 Å². The second-order valence-electron chi connectivity index (χ2n) is 6.78. The van der Waals surface area contributed by atoms with Gasteiger partial charge in [0.1, 0.15) is 11.5 Å². The molecule has 0 spiro atoms. The zero-order valence-corrected chi connectivity index (χ0v) is 14.7. The molecule has 2 fully saturated rings. The molecular formula is C19H19NO4S. The summed E-state index contributed by atoms with van der Waals surface area (Å²) in [7, 11) is -3.04. The number of amides is 1. The zero-order chi connectivity index (χ0) is 17.6. The summed E-state index contributed by atoms with van der Waals surface area (Å²) in [5, 5.41) is 0. The van der Waals surface area contributed by atoms with Crippen LogP contribution in [0, 0.1) is 12.8 Å². The van der Waals surface area contributed by atoms with E-state index in [1.807, 2.05) is 55.5 Å². The van der Waals surface area contributed by atoms with Gasteiger partial charge < -0.3 is 9.64 Å². The lowest BCUT2D eigenvalue weighted by atomic mass is 10.0. The number of ether oxygens (including phenoxy) is 1. The fourth-order valence-corrected chi connectivity index (χ4v) is 5.78. The number of hydrogen-bond acceptors (Lipinski definition) is 4. The minimum atomic E-state index is -3.04. The molecule has 0 saturated carbocycles. The first-order valence-electron chi connectivity index (χ1n) is 8.28. The summed E-state index contributed by atoms with van der Waals surface area (Å²) < 4.78 is 29.5. The van der Waals surface area contributed by atoms with Gasteiger partial charge >= 0.3 is 0 Å². The molecular weight excluding hydrogens is 338 g/mol. The maximum Gasteiger partial charge on any atom is 0.227 e. The van der Waals surface area contributed by atoms with Crippen LogP contribution in [0.2, 0.25) is 0 Å². The first-order valence-corrected chi connectivity index (χ1v) is 10.1. The molecule has 1 amide bonds. The average Bonchev–Trinajstić information content (AvgIpc) is 2.98. The normalized spacial score (nSPS) is 24.4. The smallest absolute Gasteiger partial charge is 0.227 e. The van der Waals surface area contributed by atoms with E-state index in [0.29, 0.717) is 12.2 Å². The molecule has 4 rings (SSSR count). The molecule has 0 aromatic heterocycles. The minimum absolute atomic E-state index is 0.00254. The predicted molar refractivity (Wildman–Crippen MR) is 95.7 cm³/mol. The Bertz CT molecular complexity index is 921. The molecule has 5 nitrogen and oxygen atoms in total. The van der Waals surface area contributed by atoms with E-state index in [2.05, 4.69) is 0 Å². The van der Waals surface area contributed by atoms with Crippen LogP contribution in [0.4, 0.5) is 5.69 Å². The van der Waals surface area contributed by atoms with Crippen LogP contribution >= 0.6 is 0 Å². The Labute approximate surface area is 147 Å². The van der Waals surface area contributed by atoms with Crippen LogP contribution in [0.3, 0.4) is 0 Å². The van der Waals surface area contributed by atoms with Crippen molar-refractivity contribution >= 4 is 21.4 Å². The van der Waals surface area contributed by atoms with Crippen molar-refractivity contribution in [2.24, 2.45) is 5.92 Å². The first kappa shape index (κ1) is 16.1. The minimum Gasteiger partial charge on any atom is -0.457 e. The standard InChI is InChI=1S/C19H19NO4S/c1-13-3-2-4-17(9-13)24-16-7-5-15(6-8-16)20-18-12-25(22,23)11-14(18)10-19(20)21/h2-9,14,18H,10-12H2,1H3/t14-,18-/m0/s1. The van der Waals surface area contributed by atoms with Gasteiger partial charge in [0.2, 0.25) is 5.91 Å². The monoisotopic (exact) mass is 357 g/mol. The number of carbonyl (C=O) groups is 1. The van der Waals surface area contributed by atoms with E-state index in [4.69, 9.17) is 4.74 Å². The Kier molecular flexibility index (Phi) is 3.80. The molecule has 2 aliphatic heterocycles. The topological polar surface area (TPSA) is 63.7 Å². The number of rotatable bonds is 3. The maximum atomic E-state index is 12.3. The van der Waals surface area contributed by atoms with Crippen LogP contribution in [-0.2, 0) is 14.6 Å². The zero-order valence-electron chi connectivity index (χ0n) is 13.9. The molecule has 6 heteroatoms. The number of benzene rings is 2. The van der Waals surface area contributed by atoms with Gasteiger partial charge in [0.25, 0.3) is 0 Å². The third-order valence-electron chi connectivity index (χ3n) is 4.81. The van der Waals surface area contributed by atoms with Gasteiger partial charge in [-0.05, 0) is 48.9 Å². The lowest BCUT2D eigenvalue weighted by Gasteiger charge is -2.23. The van der Waals surface area contributed by atoms with E-state index < -0.39 is 9.84 Å². The largest absolute Gasteiger partial charge is 0.457 e. The van der Waals surface area contributed by atoms with Crippen LogP contribution in [-0.4, -0.2) is 31.9 Å². The molecule has 2 atom stereocenters. The van der Waals surface area contributed by atoms with Crippen molar-refractivity contribution in [1.29, 1.82) is 0 Å². The Morgan fingerprint density at radius 2 is 1.80 bits per heavy atom. The Balaban J connectivity index is 1.55. The molecule has 2 aliphatic rings. The first-order chi connectivity index (χ1) is 11.9. The second kappa shape index (κ2) is 5.88. The van der Waals surface area contributed by atoms with Crippen molar-refractivity contribution in [2.45, 2.75) is 19.4 Å². The van der Waals surface area contributed by atoms with E-state index in [0.717, 1.165) is 17.0 Å². The van der Waals surface area contributed by atoms with Crippen molar-refractivity contribution in [3.05, 3.63) is 54.1 Å². The summed E-state index contributed by atoms with van der Waals surface area (Å²) in [5.41, 5.74) is 1.84. The molecule has 0 bridgehead atoms. The highest BCUT2D eigenvalue weighted by atomic mass is 32.2. The highest BCUT2D eigenvalue weighted by Crippen LogP contribution is 2.37. The van der Waals surface area contributed by atoms with Gasteiger partial charge in [-0.15, -0.1) is 0 Å². The number of nitrogens with zero attached hydrogens (tertiary/aromatic N) is 1. The SMILES string of the molecule is Cc1cccc(Oc2ccc(N3C(=O)C[C@H]4CS(=O)(=O)C[C@@H]43)cc2)c1. The maximum absolute atomic E-state index is 12.3. The fourth-order valence-electron chi connectivity index (χ4n) is 3.71. The summed E-state index contributed by atoms with van der Waals surface area (Å²) >= 11 is 0. The number of hydrogen-bond donors (Lipinski definition) is 0. The highest BCUT2D eigenvalue weighted by Gasteiger charge is 2.49. The third-order valence-corrected chi connectivity index (χ3v) is 6.60. The number of sulfone groups is 1. The van der Waals surface area contributed by atoms with Crippen molar-refractivity contribution in [1.82, 2.24) is 0 Å². The summed E-state index contributed by atoms with van der Waals surface area (Å²) in [6.45, 7) is 2.00. The molecule has 2 heterocycles. The Morgan fingerprint density at radius 1 is 1.04 bits per heavy atom. The van der Waals surface area contributed by atoms with E-state index in [1.54, 1.807) is 4.90 Å². The van der Waals surface area contributed by atoms with Crippen LogP contribution in [0.5, 0.6) is 11.5 Å². The quantitative estimate of drug-likeness (QED) is 0.847. The van der Waals surface area contributed by atoms with Crippen molar-refractivity contribution in [3.8, 4) is 11.5 Å². The highest BCUT2D eigenvalue weighted by molar-refractivity contribution is 7.91. The Morgan fingerprint density at radius 3 is 2.52 bits per heavy atom.